The summed E-state index contributed by atoms with van der Waals surface area (Å²) in [6.45, 7) is 8.32. The van der Waals surface area contributed by atoms with Crippen LogP contribution in [-0.4, -0.2) is 8.42 Å². The van der Waals surface area contributed by atoms with Gasteiger partial charge in [0.1, 0.15) is 4.21 Å². The van der Waals surface area contributed by atoms with Crippen molar-refractivity contribution in [2.45, 2.75) is 43.4 Å². The number of nitrogens with one attached hydrogen (secondary N) is 1. The second kappa shape index (κ2) is 6.43. The SMILES string of the molecule is C[C@H](NS(=O)(=O)c1ccc(Br)s1)c1ccc(C(C)(C)C)cc1. The van der Waals surface area contributed by atoms with Crippen molar-refractivity contribution < 1.29 is 8.42 Å². The van der Waals surface area contributed by atoms with Crippen LogP contribution in [0.25, 0.3) is 0 Å². The van der Waals surface area contributed by atoms with E-state index in [9.17, 15) is 8.42 Å². The van der Waals surface area contributed by atoms with Gasteiger partial charge in [0, 0.05) is 6.04 Å². The Kier molecular flexibility index (Phi) is 5.16. The van der Waals surface area contributed by atoms with Gasteiger partial charge in [0.25, 0.3) is 10.0 Å². The van der Waals surface area contributed by atoms with E-state index in [2.05, 4.69) is 53.6 Å². The molecule has 0 aliphatic rings. The lowest BCUT2D eigenvalue weighted by molar-refractivity contribution is 0.568. The quantitative estimate of drug-likeness (QED) is 0.795. The average Bonchev–Trinajstić information content (AvgIpc) is 2.85. The monoisotopic (exact) mass is 401 g/mol. The summed E-state index contributed by atoms with van der Waals surface area (Å²) in [6, 6.07) is 11.1. The summed E-state index contributed by atoms with van der Waals surface area (Å²) in [6.07, 6.45) is 0. The van der Waals surface area contributed by atoms with Crippen molar-refractivity contribution in [3.63, 3.8) is 0 Å². The third kappa shape index (κ3) is 4.19. The number of hydrogen-bond acceptors (Lipinski definition) is 3. The summed E-state index contributed by atoms with van der Waals surface area (Å²) in [4.78, 5) is 0. The topological polar surface area (TPSA) is 46.2 Å². The van der Waals surface area contributed by atoms with Crippen LogP contribution in [-0.2, 0) is 15.4 Å². The predicted molar refractivity (Wildman–Crippen MR) is 95.9 cm³/mol. The zero-order chi connectivity index (χ0) is 16.5. The first-order chi connectivity index (χ1) is 10.1. The molecule has 0 aliphatic carbocycles. The van der Waals surface area contributed by atoms with Gasteiger partial charge in [0.15, 0.2) is 0 Å². The maximum Gasteiger partial charge on any atom is 0.250 e. The van der Waals surface area contributed by atoms with E-state index in [4.69, 9.17) is 0 Å². The highest BCUT2D eigenvalue weighted by Crippen LogP contribution is 2.28. The summed E-state index contributed by atoms with van der Waals surface area (Å²) in [7, 11) is -3.49. The van der Waals surface area contributed by atoms with Gasteiger partial charge in [-0.15, -0.1) is 11.3 Å². The smallest absolute Gasteiger partial charge is 0.206 e. The van der Waals surface area contributed by atoms with Crippen LogP contribution in [0.4, 0.5) is 0 Å². The van der Waals surface area contributed by atoms with Crippen molar-refractivity contribution in [1.82, 2.24) is 4.72 Å². The molecule has 1 aromatic carbocycles. The molecule has 0 bridgehead atoms. The molecule has 22 heavy (non-hydrogen) atoms. The van der Waals surface area contributed by atoms with Gasteiger partial charge in [0.05, 0.1) is 3.79 Å². The number of thiophene rings is 1. The van der Waals surface area contributed by atoms with E-state index in [1.165, 1.54) is 16.9 Å². The fourth-order valence-corrected chi connectivity index (χ4v) is 5.33. The molecule has 0 spiro atoms. The number of rotatable bonds is 4. The molecule has 1 atom stereocenters. The minimum atomic E-state index is -3.49. The van der Waals surface area contributed by atoms with E-state index in [0.29, 0.717) is 4.21 Å². The van der Waals surface area contributed by atoms with Crippen molar-refractivity contribution in [1.29, 1.82) is 0 Å². The van der Waals surface area contributed by atoms with E-state index in [-0.39, 0.29) is 11.5 Å². The zero-order valence-electron chi connectivity index (χ0n) is 13.1. The molecule has 2 aromatic rings. The minimum absolute atomic E-state index is 0.0878. The Morgan fingerprint density at radius 1 is 1.09 bits per heavy atom. The first-order valence-electron chi connectivity index (χ1n) is 6.98. The number of hydrogen-bond donors (Lipinski definition) is 1. The molecular weight excluding hydrogens is 382 g/mol. The van der Waals surface area contributed by atoms with E-state index < -0.39 is 10.0 Å². The highest BCUT2D eigenvalue weighted by Gasteiger charge is 2.21. The Balaban J connectivity index is 2.17. The molecule has 1 aromatic heterocycles. The fraction of sp³-hybridized carbons (Fsp3) is 0.375. The first-order valence-corrected chi connectivity index (χ1v) is 10.1. The molecule has 1 N–H and O–H groups in total. The Labute approximate surface area is 144 Å². The Morgan fingerprint density at radius 3 is 2.14 bits per heavy atom. The lowest BCUT2D eigenvalue weighted by Crippen LogP contribution is -2.26. The molecule has 0 aliphatic heterocycles. The lowest BCUT2D eigenvalue weighted by atomic mass is 9.86. The van der Waals surface area contributed by atoms with E-state index >= 15 is 0 Å². The maximum absolute atomic E-state index is 12.3. The van der Waals surface area contributed by atoms with Gasteiger partial charge in [-0.3, -0.25) is 0 Å². The van der Waals surface area contributed by atoms with Crippen molar-refractivity contribution in [2.24, 2.45) is 0 Å². The van der Waals surface area contributed by atoms with Crippen LogP contribution in [0, 0.1) is 0 Å². The highest BCUT2D eigenvalue weighted by atomic mass is 79.9. The molecule has 1 heterocycles. The van der Waals surface area contributed by atoms with Gasteiger partial charge in [0.2, 0.25) is 0 Å². The Bertz CT molecular complexity index is 743. The third-order valence-corrected chi connectivity index (χ3v) is 7.08. The molecule has 0 unspecified atom stereocenters. The molecule has 0 saturated carbocycles. The van der Waals surface area contributed by atoms with Crippen LogP contribution >= 0.6 is 27.3 Å². The van der Waals surface area contributed by atoms with Crippen LogP contribution in [0.2, 0.25) is 0 Å². The van der Waals surface area contributed by atoms with Crippen LogP contribution < -0.4 is 4.72 Å². The van der Waals surface area contributed by atoms with Crippen LogP contribution in [0.1, 0.15) is 44.9 Å². The fourth-order valence-electron chi connectivity index (χ4n) is 2.07. The normalized spacial score (nSPS) is 14.0. The lowest BCUT2D eigenvalue weighted by Gasteiger charge is -2.20. The zero-order valence-corrected chi connectivity index (χ0v) is 16.3. The van der Waals surface area contributed by atoms with Gasteiger partial charge >= 0.3 is 0 Å². The van der Waals surface area contributed by atoms with Gasteiger partial charge in [-0.2, -0.15) is 0 Å². The van der Waals surface area contributed by atoms with E-state index in [0.717, 1.165) is 9.35 Å². The van der Waals surface area contributed by atoms with Crippen LogP contribution in [0.15, 0.2) is 44.4 Å². The molecular formula is C16H20BrNO2S2. The van der Waals surface area contributed by atoms with Crippen molar-refractivity contribution in [2.75, 3.05) is 0 Å². The van der Waals surface area contributed by atoms with Gasteiger partial charge in [-0.25, -0.2) is 13.1 Å². The molecule has 0 amide bonds. The predicted octanol–water partition coefficient (Wildman–Crippen LogP) is 4.85. The van der Waals surface area contributed by atoms with Crippen molar-refractivity contribution >= 4 is 37.3 Å². The summed E-state index contributed by atoms with van der Waals surface area (Å²) in [5.41, 5.74) is 2.27. The molecule has 3 nitrogen and oxygen atoms in total. The van der Waals surface area contributed by atoms with Crippen molar-refractivity contribution in [3.8, 4) is 0 Å². The largest absolute Gasteiger partial charge is 0.250 e. The second-order valence-electron chi connectivity index (χ2n) is 6.27. The molecule has 0 saturated heterocycles. The third-order valence-electron chi connectivity index (χ3n) is 3.42. The van der Waals surface area contributed by atoms with Gasteiger partial charge in [-0.05, 0) is 51.5 Å². The summed E-state index contributed by atoms with van der Waals surface area (Å²) in [5.74, 6) is 0. The summed E-state index contributed by atoms with van der Waals surface area (Å²) < 4.78 is 28.5. The van der Waals surface area contributed by atoms with Crippen molar-refractivity contribution in [3.05, 3.63) is 51.3 Å². The Hall–Kier alpha value is -0.690. The highest BCUT2D eigenvalue weighted by molar-refractivity contribution is 9.11. The van der Waals surface area contributed by atoms with Gasteiger partial charge in [-0.1, -0.05) is 45.0 Å². The molecule has 6 heteroatoms. The summed E-state index contributed by atoms with van der Waals surface area (Å²) in [5, 5.41) is 0. The van der Waals surface area contributed by atoms with E-state index in [1.807, 2.05) is 19.1 Å². The number of halogens is 1. The van der Waals surface area contributed by atoms with Crippen LogP contribution in [0.3, 0.4) is 0 Å². The summed E-state index contributed by atoms with van der Waals surface area (Å²) >= 11 is 4.49. The van der Waals surface area contributed by atoms with Gasteiger partial charge < -0.3 is 0 Å². The molecule has 0 fully saturated rings. The average molecular weight is 402 g/mol. The molecule has 0 radical (unpaired) electrons. The standard InChI is InChI=1S/C16H20BrNO2S2/c1-11(12-5-7-13(8-6-12)16(2,3)4)18-22(19,20)15-10-9-14(17)21-15/h5-11,18H,1-4H3/t11-/m0/s1. The van der Waals surface area contributed by atoms with Crippen LogP contribution in [0.5, 0.6) is 0 Å². The van der Waals surface area contributed by atoms with E-state index in [1.54, 1.807) is 12.1 Å². The number of benzene rings is 1. The molecule has 120 valence electrons. The minimum Gasteiger partial charge on any atom is -0.206 e. The molecule has 2 rings (SSSR count). The number of sulfonamides is 1. The second-order valence-corrected chi connectivity index (χ2v) is 10.7. The maximum atomic E-state index is 12.3. The Morgan fingerprint density at radius 2 is 1.68 bits per heavy atom. The first kappa shape index (κ1) is 17.7.